The third-order valence-electron chi connectivity index (χ3n) is 3.48. The summed E-state index contributed by atoms with van der Waals surface area (Å²) >= 11 is 0. The smallest absolute Gasteiger partial charge is 0.174 e. The van der Waals surface area contributed by atoms with Crippen molar-refractivity contribution in [2.24, 2.45) is 0 Å². The molecule has 0 saturated carbocycles. The molecule has 0 aliphatic carbocycles. The first-order chi connectivity index (χ1) is 9.19. The van der Waals surface area contributed by atoms with Gasteiger partial charge in [-0.05, 0) is 44.5 Å². The van der Waals surface area contributed by atoms with Crippen molar-refractivity contribution in [3.05, 3.63) is 24.3 Å². The Morgan fingerprint density at radius 3 is 2.74 bits per heavy atom. The molecule has 1 N–H and O–H groups in total. The van der Waals surface area contributed by atoms with E-state index in [2.05, 4.69) is 24.1 Å². The highest BCUT2D eigenvalue weighted by atomic mass is 16.5. The van der Waals surface area contributed by atoms with Gasteiger partial charge in [0.15, 0.2) is 6.61 Å². The second-order valence-corrected chi connectivity index (χ2v) is 5.19. The van der Waals surface area contributed by atoms with Gasteiger partial charge in [-0.25, -0.2) is 0 Å². The second-order valence-electron chi connectivity index (χ2n) is 5.19. The summed E-state index contributed by atoms with van der Waals surface area (Å²) in [4.78, 5) is 2.49. The van der Waals surface area contributed by atoms with Gasteiger partial charge in [0.1, 0.15) is 11.8 Å². The molecule has 0 bridgehead atoms. The van der Waals surface area contributed by atoms with E-state index in [1.165, 1.54) is 13.0 Å². The molecular formula is C15H21N3O. The molecule has 4 nitrogen and oxygen atoms in total. The Morgan fingerprint density at radius 2 is 2.16 bits per heavy atom. The van der Waals surface area contributed by atoms with E-state index in [-0.39, 0.29) is 6.61 Å². The third kappa shape index (κ3) is 3.87. The largest absolute Gasteiger partial charge is 0.479 e. The Bertz CT molecular complexity index is 436. The number of nitrogens with zero attached hydrogens (tertiary/aromatic N) is 2. The summed E-state index contributed by atoms with van der Waals surface area (Å²) in [7, 11) is 0. The quantitative estimate of drug-likeness (QED) is 0.882. The molecule has 0 radical (unpaired) electrons. The molecule has 102 valence electrons. The van der Waals surface area contributed by atoms with Crippen molar-refractivity contribution in [1.29, 1.82) is 5.26 Å². The summed E-state index contributed by atoms with van der Waals surface area (Å²) in [5.74, 6) is 0.738. The molecule has 1 aromatic carbocycles. The minimum Gasteiger partial charge on any atom is -0.479 e. The summed E-state index contributed by atoms with van der Waals surface area (Å²) in [6.45, 7) is 6.84. The van der Waals surface area contributed by atoms with Crippen LogP contribution >= 0.6 is 0 Å². The number of rotatable bonds is 5. The first-order valence-corrected chi connectivity index (χ1v) is 6.79. The topological polar surface area (TPSA) is 48.3 Å². The summed E-state index contributed by atoms with van der Waals surface area (Å²) in [5, 5.41) is 12.0. The summed E-state index contributed by atoms with van der Waals surface area (Å²) < 4.78 is 5.23. The SMILES string of the molecule is CC(C)N1CCC(Nc2ccc(OCC#N)cc2)C1. The van der Waals surface area contributed by atoms with Crippen LogP contribution in [0.25, 0.3) is 0 Å². The first-order valence-electron chi connectivity index (χ1n) is 6.79. The maximum atomic E-state index is 8.45. The zero-order chi connectivity index (χ0) is 13.7. The number of hydrogen-bond acceptors (Lipinski definition) is 4. The maximum Gasteiger partial charge on any atom is 0.174 e. The predicted molar refractivity (Wildman–Crippen MR) is 76.3 cm³/mol. The minimum absolute atomic E-state index is 0.0960. The number of nitrogens with one attached hydrogen (secondary N) is 1. The van der Waals surface area contributed by atoms with E-state index >= 15 is 0 Å². The molecule has 2 rings (SSSR count). The molecular weight excluding hydrogens is 238 g/mol. The van der Waals surface area contributed by atoms with Gasteiger partial charge in [0.25, 0.3) is 0 Å². The van der Waals surface area contributed by atoms with Gasteiger partial charge in [-0.1, -0.05) is 0 Å². The Hall–Kier alpha value is -1.73. The Kier molecular flexibility index (Phi) is 4.64. The highest BCUT2D eigenvalue weighted by molar-refractivity contribution is 5.47. The monoisotopic (exact) mass is 259 g/mol. The second kappa shape index (κ2) is 6.44. The van der Waals surface area contributed by atoms with Crippen molar-refractivity contribution < 1.29 is 4.74 Å². The van der Waals surface area contributed by atoms with Crippen LogP contribution in [0.15, 0.2) is 24.3 Å². The van der Waals surface area contributed by atoms with Gasteiger partial charge in [-0.3, -0.25) is 4.90 Å². The lowest BCUT2D eigenvalue weighted by molar-refractivity contribution is 0.274. The van der Waals surface area contributed by atoms with Crippen LogP contribution in [0, 0.1) is 11.3 Å². The molecule has 19 heavy (non-hydrogen) atoms. The molecule has 1 aliphatic rings. The van der Waals surface area contributed by atoms with Crippen molar-refractivity contribution in [2.45, 2.75) is 32.4 Å². The Balaban J connectivity index is 1.85. The number of nitriles is 1. The van der Waals surface area contributed by atoms with Gasteiger partial charge >= 0.3 is 0 Å². The standard InChI is InChI=1S/C15H21N3O/c1-12(2)18-9-7-14(11-18)17-13-3-5-15(6-4-13)19-10-8-16/h3-6,12,14,17H,7,9-11H2,1-2H3. The zero-order valence-electron chi connectivity index (χ0n) is 11.6. The van der Waals surface area contributed by atoms with Gasteiger partial charge in [-0.15, -0.1) is 0 Å². The average Bonchev–Trinajstić information content (AvgIpc) is 2.87. The Morgan fingerprint density at radius 1 is 1.42 bits per heavy atom. The molecule has 1 unspecified atom stereocenters. The van der Waals surface area contributed by atoms with E-state index in [1.807, 2.05) is 30.3 Å². The van der Waals surface area contributed by atoms with Crippen LogP contribution in [0.2, 0.25) is 0 Å². The number of benzene rings is 1. The molecule has 0 spiro atoms. The number of ether oxygens (including phenoxy) is 1. The molecule has 0 amide bonds. The number of anilines is 1. The molecule has 0 aromatic heterocycles. The lowest BCUT2D eigenvalue weighted by Crippen LogP contribution is -2.31. The summed E-state index contributed by atoms with van der Waals surface area (Å²) in [6, 6.07) is 10.9. The van der Waals surface area contributed by atoms with E-state index in [4.69, 9.17) is 10.00 Å². The van der Waals surface area contributed by atoms with Crippen molar-refractivity contribution in [3.8, 4) is 11.8 Å². The van der Waals surface area contributed by atoms with Gasteiger partial charge < -0.3 is 10.1 Å². The predicted octanol–water partition coefficient (Wildman–Crippen LogP) is 2.48. The normalized spacial score (nSPS) is 19.4. The highest BCUT2D eigenvalue weighted by Gasteiger charge is 2.23. The number of likely N-dealkylation sites (tertiary alicyclic amines) is 1. The minimum atomic E-state index is 0.0960. The average molecular weight is 259 g/mol. The fourth-order valence-corrected chi connectivity index (χ4v) is 2.37. The van der Waals surface area contributed by atoms with Gasteiger partial charge in [0.05, 0.1) is 0 Å². The fraction of sp³-hybridized carbons (Fsp3) is 0.533. The maximum absolute atomic E-state index is 8.45. The van der Waals surface area contributed by atoms with E-state index in [1.54, 1.807) is 0 Å². The van der Waals surface area contributed by atoms with Crippen molar-refractivity contribution in [2.75, 3.05) is 25.0 Å². The summed E-state index contributed by atoms with van der Waals surface area (Å²) in [6.07, 6.45) is 1.19. The number of hydrogen-bond donors (Lipinski definition) is 1. The third-order valence-corrected chi connectivity index (χ3v) is 3.48. The molecule has 1 fully saturated rings. The lowest BCUT2D eigenvalue weighted by Gasteiger charge is -2.20. The summed E-state index contributed by atoms with van der Waals surface area (Å²) in [5.41, 5.74) is 1.11. The zero-order valence-corrected chi connectivity index (χ0v) is 11.6. The van der Waals surface area contributed by atoms with Crippen molar-refractivity contribution in [3.63, 3.8) is 0 Å². The first kappa shape index (κ1) is 13.7. The molecule has 1 aliphatic heterocycles. The molecule has 1 saturated heterocycles. The van der Waals surface area contributed by atoms with Crippen LogP contribution in [-0.2, 0) is 0 Å². The lowest BCUT2D eigenvalue weighted by atomic mass is 10.2. The molecule has 1 aromatic rings. The fourth-order valence-electron chi connectivity index (χ4n) is 2.37. The molecule has 1 atom stereocenters. The van der Waals surface area contributed by atoms with Crippen LogP contribution in [0.1, 0.15) is 20.3 Å². The Labute approximate surface area is 115 Å². The van der Waals surface area contributed by atoms with E-state index in [9.17, 15) is 0 Å². The van der Waals surface area contributed by atoms with E-state index in [0.717, 1.165) is 18.0 Å². The van der Waals surface area contributed by atoms with Gasteiger partial charge in [0.2, 0.25) is 0 Å². The van der Waals surface area contributed by atoms with Gasteiger partial charge in [-0.2, -0.15) is 5.26 Å². The van der Waals surface area contributed by atoms with Crippen LogP contribution in [-0.4, -0.2) is 36.7 Å². The van der Waals surface area contributed by atoms with E-state index in [0.29, 0.717) is 12.1 Å². The van der Waals surface area contributed by atoms with Crippen molar-refractivity contribution in [1.82, 2.24) is 4.90 Å². The van der Waals surface area contributed by atoms with E-state index < -0.39 is 0 Å². The van der Waals surface area contributed by atoms with Crippen LogP contribution in [0.5, 0.6) is 5.75 Å². The highest BCUT2D eigenvalue weighted by Crippen LogP contribution is 2.20. The molecule has 4 heteroatoms. The van der Waals surface area contributed by atoms with Crippen molar-refractivity contribution >= 4 is 5.69 Å². The van der Waals surface area contributed by atoms with Crippen LogP contribution in [0.4, 0.5) is 5.69 Å². The molecule has 1 heterocycles. The van der Waals surface area contributed by atoms with Gasteiger partial charge in [0, 0.05) is 30.9 Å². The van der Waals surface area contributed by atoms with Crippen LogP contribution < -0.4 is 10.1 Å². The van der Waals surface area contributed by atoms with Crippen LogP contribution in [0.3, 0.4) is 0 Å².